The van der Waals surface area contributed by atoms with Gasteiger partial charge in [-0.15, -0.1) is 0 Å². The van der Waals surface area contributed by atoms with E-state index in [1.54, 1.807) is 36.4 Å². The molecule has 0 radical (unpaired) electrons. The Morgan fingerprint density at radius 3 is 2.32 bits per heavy atom. The Bertz CT molecular complexity index is 1140. The Hall–Kier alpha value is -4.00. The van der Waals surface area contributed by atoms with E-state index >= 15 is 0 Å². The quantitative estimate of drug-likeness (QED) is 0.590. The van der Waals surface area contributed by atoms with Crippen LogP contribution >= 0.6 is 0 Å². The van der Waals surface area contributed by atoms with Gasteiger partial charge in [0.1, 0.15) is 23.1 Å². The third-order valence-electron chi connectivity index (χ3n) is 4.18. The van der Waals surface area contributed by atoms with Crippen LogP contribution in [0.3, 0.4) is 0 Å². The molecule has 0 bridgehead atoms. The van der Waals surface area contributed by atoms with Crippen LogP contribution < -0.4 is 20.3 Å². The van der Waals surface area contributed by atoms with E-state index in [2.05, 4.69) is 20.0 Å². The average Bonchev–Trinajstić information content (AvgIpc) is 2.76. The van der Waals surface area contributed by atoms with Crippen molar-refractivity contribution in [3.63, 3.8) is 0 Å². The number of hydrogen-bond donors (Lipinski definition) is 2. The summed E-state index contributed by atoms with van der Waals surface area (Å²) in [6, 6.07) is 14.6. The van der Waals surface area contributed by atoms with E-state index in [0.29, 0.717) is 11.3 Å². The zero-order chi connectivity index (χ0) is 22.4. The highest BCUT2D eigenvalue weighted by Crippen LogP contribution is 2.23. The van der Waals surface area contributed by atoms with Gasteiger partial charge in [-0.3, -0.25) is 9.78 Å². The Kier molecular flexibility index (Phi) is 6.45. The van der Waals surface area contributed by atoms with E-state index < -0.39 is 18.3 Å². The van der Waals surface area contributed by atoms with Gasteiger partial charge in [0.25, 0.3) is 5.56 Å². The molecule has 7 nitrogen and oxygen atoms in total. The normalized spacial score (nSPS) is 10.9. The van der Waals surface area contributed by atoms with Crippen LogP contribution in [0, 0.1) is 11.3 Å². The number of rotatable bonds is 7. The summed E-state index contributed by atoms with van der Waals surface area (Å²) in [5, 5.41) is 12.3. The Morgan fingerprint density at radius 2 is 1.74 bits per heavy atom. The maximum atomic E-state index is 12.3. The molecule has 1 aromatic heterocycles. The van der Waals surface area contributed by atoms with Gasteiger partial charge in [-0.1, -0.05) is 12.1 Å². The minimum Gasteiger partial charge on any atom is -0.497 e. The fourth-order valence-corrected chi connectivity index (χ4v) is 2.67. The van der Waals surface area contributed by atoms with Crippen molar-refractivity contribution in [1.82, 2.24) is 9.97 Å². The maximum absolute atomic E-state index is 12.3. The first kappa shape index (κ1) is 21.7. The Labute approximate surface area is 175 Å². The lowest BCUT2D eigenvalue weighted by atomic mass is 10.1. The first-order valence-electron chi connectivity index (χ1n) is 9.00. The molecule has 1 heterocycles. The number of methoxy groups -OCH3 is 1. The number of nitriles is 1. The molecule has 160 valence electrons. The van der Waals surface area contributed by atoms with Gasteiger partial charge in [0.15, 0.2) is 6.61 Å². The molecule has 0 aliphatic rings. The molecule has 31 heavy (non-hydrogen) atoms. The number of nitrogens with zero attached hydrogens (tertiary/aromatic N) is 2. The van der Waals surface area contributed by atoms with Crippen molar-refractivity contribution >= 4 is 5.95 Å². The second-order valence-corrected chi connectivity index (χ2v) is 6.38. The lowest BCUT2D eigenvalue weighted by molar-refractivity contribution is -0.153. The van der Waals surface area contributed by atoms with Gasteiger partial charge in [0.05, 0.1) is 12.8 Å². The summed E-state index contributed by atoms with van der Waals surface area (Å²) in [5.74, 6) is 0.855. The summed E-state index contributed by atoms with van der Waals surface area (Å²) in [6.07, 6.45) is -4.41. The summed E-state index contributed by atoms with van der Waals surface area (Å²) < 4.78 is 46.4. The molecule has 0 unspecified atom stereocenters. The van der Waals surface area contributed by atoms with Crippen LogP contribution in [0.4, 0.5) is 19.1 Å². The minimum absolute atomic E-state index is 0.0905. The third-order valence-corrected chi connectivity index (χ3v) is 4.18. The van der Waals surface area contributed by atoms with E-state index in [-0.39, 0.29) is 29.5 Å². The fraction of sp³-hybridized carbons (Fsp3) is 0.190. The van der Waals surface area contributed by atoms with Crippen molar-refractivity contribution in [3.05, 3.63) is 70.0 Å². The lowest BCUT2D eigenvalue weighted by Gasteiger charge is -2.11. The molecule has 0 fully saturated rings. The van der Waals surface area contributed by atoms with Gasteiger partial charge in [0.2, 0.25) is 5.95 Å². The molecule has 0 atom stereocenters. The molecular weight excluding hydrogens is 413 g/mol. The molecule has 0 saturated carbocycles. The third kappa shape index (κ3) is 5.76. The number of benzene rings is 2. The van der Waals surface area contributed by atoms with Gasteiger partial charge < -0.3 is 14.8 Å². The number of ether oxygens (including phenoxy) is 2. The van der Waals surface area contributed by atoms with Crippen LogP contribution in [0.15, 0.2) is 53.3 Å². The molecule has 2 aromatic carbocycles. The van der Waals surface area contributed by atoms with Crippen LogP contribution in [-0.2, 0) is 6.54 Å². The fourth-order valence-electron chi connectivity index (χ4n) is 2.67. The number of aromatic nitrogens is 2. The van der Waals surface area contributed by atoms with Crippen molar-refractivity contribution in [2.24, 2.45) is 0 Å². The van der Waals surface area contributed by atoms with Gasteiger partial charge in [-0.25, -0.2) is 4.98 Å². The van der Waals surface area contributed by atoms with Crippen molar-refractivity contribution in [2.45, 2.75) is 12.7 Å². The predicted molar refractivity (Wildman–Crippen MR) is 107 cm³/mol. The van der Waals surface area contributed by atoms with E-state index in [1.807, 2.05) is 6.07 Å². The molecule has 0 saturated heterocycles. The van der Waals surface area contributed by atoms with Gasteiger partial charge in [-0.05, 0) is 42.0 Å². The average molecular weight is 430 g/mol. The summed E-state index contributed by atoms with van der Waals surface area (Å²) in [5.41, 5.74) is 0.783. The Balaban J connectivity index is 1.75. The van der Waals surface area contributed by atoms with Crippen LogP contribution in [0.2, 0.25) is 0 Å². The van der Waals surface area contributed by atoms with Crippen molar-refractivity contribution in [2.75, 3.05) is 19.0 Å². The second kappa shape index (κ2) is 9.21. The number of anilines is 1. The summed E-state index contributed by atoms with van der Waals surface area (Å²) in [4.78, 5) is 19.1. The SMILES string of the molecule is COc1ccc(-c2nc(NCc3ccc(OCC(F)(F)F)cc3)[nH]c(=O)c2C#N)cc1. The van der Waals surface area contributed by atoms with Gasteiger partial charge >= 0.3 is 6.18 Å². The van der Waals surface area contributed by atoms with Crippen LogP contribution in [0.25, 0.3) is 11.3 Å². The van der Waals surface area contributed by atoms with E-state index in [4.69, 9.17) is 4.74 Å². The molecular formula is C21H17F3N4O3. The number of aromatic amines is 1. The highest BCUT2D eigenvalue weighted by atomic mass is 19.4. The number of hydrogen-bond acceptors (Lipinski definition) is 6. The summed E-state index contributed by atoms with van der Waals surface area (Å²) in [6.45, 7) is -1.13. The largest absolute Gasteiger partial charge is 0.497 e. The number of H-pyrrole nitrogens is 1. The van der Waals surface area contributed by atoms with Crippen LogP contribution in [-0.4, -0.2) is 29.9 Å². The molecule has 3 rings (SSSR count). The predicted octanol–water partition coefficient (Wildman–Crippen LogP) is 3.87. The van der Waals surface area contributed by atoms with Crippen molar-refractivity contribution in [3.8, 4) is 28.8 Å². The molecule has 0 aliphatic heterocycles. The molecule has 0 amide bonds. The number of nitrogens with one attached hydrogen (secondary N) is 2. The summed E-state index contributed by atoms with van der Waals surface area (Å²) >= 11 is 0. The number of halogens is 3. The van der Waals surface area contributed by atoms with Gasteiger partial charge in [-0.2, -0.15) is 18.4 Å². The monoisotopic (exact) mass is 430 g/mol. The molecule has 2 N–H and O–H groups in total. The summed E-state index contributed by atoms with van der Waals surface area (Å²) in [7, 11) is 1.53. The lowest BCUT2D eigenvalue weighted by Crippen LogP contribution is -2.19. The molecule has 10 heteroatoms. The zero-order valence-electron chi connectivity index (χ0n) is 16.3. The highest BCUT2D eigenvalue weighted by molar-refractivity contribution is 5.67. The van der Waals surface area contributed by atoms with Crippen molar-refractivity contribution in [1.29, 1.82) is 5.26 Å². The number of alkyl halides is 3. The highest BCUT2D eigenvalue weighted by Gasteiger charge is 2.28. The Morgan fingerprint density at radius 1 is 1.10 bits per heavy atom. The molecule has 0 aliphatic carbocycles. The van der Waals surface area contributed by atoms with Gasteiger partial charge in [0, 0.05) is 12.1 Å². The van der Waals surface area contributed by atoms with E-state index in [9.17, 15) is 23.2 Å². The van der Waals surface area contributed by atoms with Crippen LogP contribution in [0.5, 0.6) is 11.5 Å². The maximum Gasteiger partial charge on any atom is 0.422 e. The standard InChI is InChI=1S/C21H17F3N4O3/c1-30-15-8-4-14(5-9-15)18-17(10-25)19(29)28-20(27-18)26-11-13-2-6-16(7-3-13)31-12-21(22,23)24/h2-9H,11-12H2,1H3,(H2,26,27,28,29). The zero-order valence-corrected chi connectivity index (χ0v) is 16.3. The van der Waals surface area contributed by atoms with E-state index in [1.165, 1.54) is 19.2 Å². The minimum atomic E-state index is -4.41. The second-order valence-electron chi connectivity index (χ2n) is 6.38. The smallest absolute Gasteiger partial charge is 0.422 e. The van der Waals surface area contributed by atoms with Crippen LogP contribution in [0.1, 0.15) is 11.1 Å². The first-order chi connectivity index (χ1) is 14.8. The first-order valence-corrected chi connectivity index (χ1v) is 9.00. The topological polar surface area (TPSA) is 100 Å². The van der Waals surface area contributed by atoms with Crippen molar-refractivity contribution < 1.29 is 22.6 Å². The molecule has 3 aromatic rings. The van der Waals surface area contributed by atoms with E-state index in [0.717, 1.165) is 5.56 Å². The molecule has 0 spiro atoms.